The molecule has 2 aromatic carbocycles. The highest BCUT2D eigenvalue weighted by Crippen LogP contribution is 2.38. The van der Waals surface area contributed by atoms with E-state index in [0.717, 1.165) is 6.42 Å². The van der Waals surface area contributed by atoms with Crippen LogP contribution in [-0.2, 0) is 19.3 Å². The Morgan fingerprint density at radius 3 is 2.60 bits per heavy atom. The van der Waals surface area contributed by atoms with E-state index in [1.165, 1.54) is 60.8 Å². The number of hydrogen-bond donors (Lipinski definition) is 0. The van der Waals surface area contributed by atoms with E-state index in [2.05, 4.69) is 67.6 Å². The van der Waals surface area contributed by atoms with Crippen LogP contribution in [0.3, 0.4) is 0 Å². The fraction of sp³-hybridized carbons (Fsp3) is 0.360. The maximum atomic E-state index is 2.50. The number of aryl methyl sites for hydroxylation is 1. The van der Waals surface area contributed by atoms with Crippen LogP contribution in [0.15, 0.2) is 66.3 Å². The van der Waals surface area contributed by atoms with Gasteiger partial charge in [-0.25, -0.2) is 0 Å². The summed E-state index contributed by atoms with van der Waals surface area (Å²) >= 11 is 0. The molecule has 0 heteroatoms. The van der Waals surface area contributed by atoms with Gasteiger partial charge in [-0.1, -0.05) is 86.0 Å². The van der Waals surface area contributed by atoms with Gasteiger partial charge in [0.15, 0.2) is 0 Å². The molecular weight excluding hydrogens is 300 g/mol. The van der Waals surface area contributed by atoms with Gasteiger partial charge in [-0.2, -0.15) is 0 Å². The third-order valence-corrected chi connectivity index (χ3v) is 5.80. The van der Waals surface area contributed by atoms with Crippen molar-refractivity contribution in [3.8, 4) is 11.1 Å². The molecule has 0 fully saturated rings. The van der Waals surface area contributed by atoms with E-state index in [1.807, 2.05) is 0 Å². The molecule has 0 heterocycles. The van der Waals surface area contributed by atoms with Crippen LogP contribution >= 0.6 is 0 Å². The molecule has 2 aliphatic carbocycles. The molecule has 0 N–H and O–H groups in total. The van der Waals surface area contributed by atoms with Crippen LogP contribution in [-0.4, -0.2) is 0 Å². The molecule has 0 nitrogen and oxygen atoms in total. The summed E-state index contributed by atoms with van der Waals surface area (Å²) in [5.41, 5.74) is 9.10. The molecule has 25 heavy (non-hydrogen) atoms. The van der Waals surface area contributed by atoms with E-state index < -0.39 is 0 Å². The van der Waals surface area contributed by atoms with Gasteiger partial charge in [0, 0.05) is 0 Å². The highest BCUT2D eigenvalue weighted by Gasteiger charge is 2.24. The first kappa shape index (κ1) is 16.4. The molecule has 0 saturated heterocycles. The maximum absolute atomic E-state index is 2.50. The number of allylic oxidation sites excluding steroid dienone is 4. The standard InChI is InChI=1S/C25H28/c1-2-3-4-9-19-14-15-25-23(16-19)18-22(20-10-5-6-11-20)17-21-12-7-8-13-24(21)25/h5-8,10,12-16,22H,2-4,9,11,17-18H2,1H3. The maximum Gasteiger partial charge on any atom is -0.0116 e. The molecule has 1 unspecified atom stereocenters. The van der Waals surface area contributed by atoms with Gasteiger partial charge in [0.2, 0.25) is 0 Å². The van der Waals surface area contributed by atoms with Crippen molar-refractivity contribution >= 4 is 0 Å². The lowest BCUT2D eigenvalue weighted by molar-refractivity contribution is 0.604. The number of benzene rings is 2. The normalized spacial score (nSPS) is 18.4. The largest absolute Gasteiger partial charge is 0.0805 e. The van der Waals surface area contributed by atoms with Crippen molar-refractivity contribution < 1.29 is 0 Å². The van der Waals surface area contributed by atoms with Crippen molar-refractivity contribution in [3.63, 3.8) is 0 Å². The van der Waals surface area contributed by atoms with Crippen molar-refractivity contribution in [2.24, 2.45) is 5.92 Å². The summed E-state index contributed by atoms with van der Waals surface area (Å²) in [7, 11) is 0. The van der Waals surface area contributed by atoms with E-state index in [-0.39, 0.29) is 0 Å². The van der Waals surface area contributed by atoms with Gasteiger partial charge in [0.25, 0.3) is 0 Å². The fourth-order valence-electron chi connectivity index (χ4n) is 4.41. The molecule has 0 amide bonds. The van der Waals surface area contributed by atoms with Crippen molar-refractivity contribution in [1.82, 2.24) is 0 Å². The lowest BCUT2D eigenvalue weighted by Gasteiger charge is -2.17. The Morgan fingerprint density at radius 1 is 0.920 bits per heavy atom. The second-order valence-electron chi connectivity index (χ2n) is 7.58. The molecule has 0 bridgehead atoms. The Balaban J connectivity index is 1.70. The molecular formula is C25H28. The summed E-state index contributed by atoms with van der Waals surface area (Å²) in [6, 6.07) is 16.3. The minimum Gasteiger partial charge on any atom is -0.0805 e. The van der Waals surface area contributed by atoms with E-state index in [9.17, 15) is 0 Å². The first-order valence-electron chi connectivity index (χ1n) is 9.91. The van der Waals surface area contributed by atoms with Crippen LogP contribution in [0, 0.1) is 5.92 Å². The smallest absolute Gasteiger partial charge is 0.0116 e. The van der Waals surface area contributed by atoms with Gasteiger partial charge in [-0.3, -0.25) is 0 Å². The fourth-order valence-corrected chi connectivity index (χ4v) is 4.41. The molecule has 0 saturated carbocycles. The molecule has 4 rings (SSSR count). The van der Waals surface area contributed by atoms with Crippen LogP contribution in [0.25, 0.3) is 11.1 Å². The number of hydrogen-bond acceptors (Lipinski definition) is 0. The second kappa shape index (κ2) is 7.44. The molecule has 0 aromatic heterocycles. The van der Waals surface area contributed by atoms with E-state index in [1.54, 1.807) is 11.1 Å². The third-order valence-electron chi connectivity index (χ3n) is 5.80. The van der Waals surface area contributed by atoms with Crippen LogP contribution < -0.4 is 0 Å². The number of rotatable bonds is 5. The Kier molecular flexibility index (Phi) is 4.88. The predicted molar refractivity (Wildman–Crippen MR) is 108 cm³/mol. The lowest BCUT2D eigenvalue weighted by atomic mass is 9.87. The molecule has 2 aromatic rings. The Labute approximate surface area is 152 Å². The van der Waals surface area contributed by atoms with Crippen LogP contribution in [0.1, 0.15) is 49.3 Å². The quantitative estimate of drug-likeness (QED) is 0.536. The monoisotopic (exact) mass is 328 g/mol. The van der Waals surface area contributed by atoms with Crippen molar-refractivity contribution in [1.29, 1.82) is 0 Å². The average Bonchev–Trinajstić information content (AvgIpc) is 3.12. The molecule has 128 valence electrons. The first-order chi connectivity index (χ1) is 12.3. The van der Waals surface area contributed by atoms with Crippen molar-refractivity contribution in [3.05, 3.63) is 83.0 Å². The zero-order valence-electron chi connectivity index (χ0n) is 15.3. The van der Waals surface area contributed by atoms with Crippen molar-refractivity contribution in [2.75, 3.05) is 0 Å². The Bertz CT molecular complexity index is 807. The minimum atomic E-state index is 0.642. The average molecular weight is 328 g/mol. The van der Waals surface area contributed by atoms with Crippen LogP contribution in [0.5, 0.6) is 0 Å². The van der Waals surface area contributed by atoms with Gasteiger partial charge in [-0.15, -0.1) is 0 Å². The summed E-state index contributed by atoms with van der Waals surface area (Å²) in [6.45, 7) is 2.28. The summed E-state index contributed by atoms with van der Waals surface area (Å²) in [5, 5.41) is 0. The van der Waals surface area contributed by atoms with Gasteiger partial charge >= 0.3 is 0 Å². The highest BCUT2D eigenvalue weighted by atomic mass is 14.3. The Morgan fingerprint density at radius 2 is 1.76 bits per heavy atom. The van der Waals surface area contributed by atoms with Gasteiger partial charge in [0.1, 0.15) is 0 Å². The molecule has 1 atom stereocenters. The molecule has 2 aliphatic rings. The zero-order chi connectivity index (χ0) is 17.1. The highest BCUT2D eigenvalue weighted by molar-refractivity contribution is 5.72. The molecule has 0 aliphatic heterocycles. The van der Waals surface area contributed by atoms with E-state index >= 15 is 0 Å². The number of fused-ring (bicyclic) bond motifs is 3. The summed E-state index contributed by atoms with van der Waals surface area (Å²) in [4.78, 5) is 0. The van der Waals surface area contributed by atoms with E-state index in [0.29, 0.717) is 5.92 Å². The number of unbranched alkanes of at least 4 members (excludes halogenated alkanes) is 2. The van der Waals surface area contributed by atoms with Crippen LogP contribution in [0.4, 0.5) is 0 Å². The Hall–Kier alpha value is -2.08. The van der Waals surface area contributed by atoms with Gasteiger partial charge in [0.05, 0.1) is 0 Å². The summed E-state index contributed by atoms with van der Waals surface area (Å²) in [5.74, 6) is 0.642. The third kappa shape index (κ3) is 3.49. The summed E-state index contributed by atoms with van der Waals surface area (Å²) in [6.07, 6.45) is 15.5. The lowest BCUT2D eigenvalue weighted by Crippen LogP contribution is -2.09. The van der Waals surface area contributed by atoms with Crippen LogP contribution in [0.2, 0.25) is 0 Å². The topological polar surface area (TPSA) is 0 Å². The van der Waals surface area contributed by atoms with Gasteiger partial charge < -0.3 is 0 Å². The zero-order valence-corrected chi connectivity index (χ0v) is 15.3. The second-order valence-corrected chi connectivity index (χ2v) is 7.58. The first-order valence-corrected chi connectivity index (χ1v) is 9.91. The SMILES string of the molecule is CCCCCc1ccc2c(c1)CC(C1=CC=CC1)Cc1ccccc1-2. The van der Waals surface area contributed by atoms with Crippen molar-refractivity contribution in [2.45, 2.75) is 51.9 Å². The minimum absolute atomic E-state index is 0.642. The molecule has 0 spiro atoms. The van der Waals surface area contributed by atoms with E-state index in [4.69, 9.17) is 0 Å². The molecule has 0 radical (unpaired) electrons. The summed E-state index contributed by atoms with van der Waals surface area (Å²) < 4.78 is 0. The predicted octanol–water partition coefficient (Wildman–Crippen LogP) is 6.69. The van der Waals surface area contributed by atoms with Gasteiger partial charge in [-0.05, 0) is 65.8 Å².